The van der Waals surface area contributed by atoms with Crippen molar-refractivity contribution in [1.29, 1.82) is 0 Å². The maximum Gasteiger partial charge on any atom is 0.274 e. The van der Waals surface area contributed by atoms with Crippen molar-refractivity contribution in [2.75, 3.05) is 0 Å². The number of aromatic amines is 1. The number of aromatic nitrogens is 2. The summed E-state index contributed by atoms with van der Waals surface area (Å²) in [5.41, 5.74) is 1.93. The number of hydrogen-bond acceptors (Lipinski definition) is 4. The van der Waals surface area contributed by atoms with E-state index in [9.17, 15) is 14.9 Å². The smallest absolute Gasteiger partial charge is 0.274 e. The van der Waals surface area contributed by atoms with E-state index in [-0.39, 0.29) is 16.9 Å². The molecule has 0 bridgehead atoms. The number of nitro benzene ring substituents is 1. The van der Waals surface area contributed by atoms with Gasteiger partial charge in [0.2, 0.25) is 0 Å². The van der Waals surface area contributed by atoms with Crippen molar-refractivity contribution in [3.63, 3.8) is 0 Å². The number of benzene rings is 2. The van der Waals surface area contributed by atoms with Gasteiger partial charge in [0.05, 0.1) is 16.0 Å². The number of hydrogen-bond donors (Lipinski definition) is 1. The van der Waals surface area contributed by atoms with Crippen LogP contribution in [0.15, 0.2) is 53.3 Å². The van der Waals surface area contributed by atoms with Gasteiger partial charge in [-0.3, -0.25) is 14.9 Å². The van der Waals surface area contributed by atoms with E-state index in [0.29, 0.717) is 16.6 Å². The van der Waals surface area contributed by atoms with E-state index in [4.69, 9.17) is 0 Å². The molecule has 0 saturated heterocycles. The third kappa shape index (κ3) is 2.76. The Morgan fingerprint density at radius 2 is 1.91 bits per heavy atom. The molecule has 0 aliphatic heterocycles. The van der Waals surface area contributed by atoms with Crippen LogP contribution in [0.5, 0.6) is 0 Å². The molecule has 2 aromatic carbocycles. The Hall–Kier alpha value is -3.28. The Morgan fingerprint density at radius 3 is 2.73 bits per heavy atom. The van der Waals surface area contributed by atoms with Gasteiger partial charge in [0.25, 0.3) is 11.2 Å². The third-order valence-electron chi connectivity index (χ3n) is 3.14. The predicted octanol–water partition coefficient (Wildman–Crippen LogP) is 3.00. The molecule has 0 saturated carbocycles. The van der Waals surface area contributed by atoms with Gasteiger partial charge in [-0.05, 0) is 23.8 Å². The molecule has 0 aliphatic carbocycles. The molecular weight excluding hydrogens is 282 g/mol. The first kappa shape index (κ1) is 13.7. The quantitative estimate of drug-likeness (QED) is 0.593. The molecule has 1 heterocycles. The van der Waals surface area contributed by atoms with E-state index in [1.54, 1.807) is 36.4 Å². The Balaban J connectivity index is 1.99. The van der Waals surface area contributed by atoms with Crippen LogP contribution in [0.2, 0.25) is 0 Å². The van der Waals surface area contributed by atoms with Crippen molar-refractivity contribution in [3.05, 3.63) is 80.3 Å². The second-order valence-electron chi connectivity index (χ2n) is 4.65. The summed E-state index contributed by atoms with van der Waals surface area (Å²) < 4.78 is 0. The van der Waals surface area contributed by atoms with Gasteiger partial charge in [0.1, 0.15) is 5.69 Å². The average molecular weight is 293 g/mol. The topological polar surface area (TPSA) is 88.9 Å². The van der Waals surface area contributed by atoms with Gasteiger partial charge in [-0.25, -0.2) is 4.98 Å². The molecule has 3 aromatic rings. The van der Waals surface area contributed by atoms with Crippen LogP contribution in [-0.2, 0) is 0 Å². The second-order valence-corrected chi connectivity index (χ2v) is 4.65. The fourth-order valence-electron chi connectivity index (χ4n) is 2.07. The zero-order valence-corrected chi connectivity index (χ0v) is 11.4. The highest BCUT2D eigenvalue weighted by Gasteiger charge is 2.04. The number of non-ortho nitro benzene ring substituents is 1. The molecule has 0 unspecified atom stereocenters. The van der Waals surface area contributed by atoms with Crippen LogP contribution in [0.25, 0.3) is 23.2 Å². The van der Waals surface area contributed by atoms with Gasteiger partial charge in [-0.2, -0.15) is 0 Å². The summed E-state index contributed by atoms with van der Waals surface area (Å²) in [6.07, 6.45) is 3.17. The Kier molecular flexibility index (Phi) is 3.49. The molecule has 0 amide bonds. The summed E-state index contributed by atoms with van der Waals surface area (Å²) in [6.45, 7) is 0. The van der Waals surface area contributed by atoms with E-state index in [1.165, 1.54) is 12.1 Å². The molecular formula is C16H11N3O3. The average Bonchev–Trinajstić information content (AvgIpc) is 2.53. The Bertz CT molecular complexity index is 945. The van der Waals surface area contributed by atoms with E-state index in [0.717, 1.165) is 0 Å². The summed E-state index contributed by atoms with van der Waals surface area (Å²) in [5, 5.41) is 10.7. The van der Waals surface area contributed by atoms with Crippen molar-refractivity contribution in [2.45, 2.75) is 0 Å². The Labute approximate surface area is 124 Å². The SMILES string of the molecule is O=c1[nH]c2ccccc2nc1/C=C/c1cccc([N+](=O)[O-])c1. The molecule has 108 valence electrons. The lowest BCUT2D eigenvalue weighted by Gasteiger charge is -1.98. The fourth-order valence-corrected chi connectivity index (χ4v) is 2.07. The zero-order chi connectivity index (χ0) is 15.5. The fraction of sp³-hybridized carbons (Fsp3) is 0. The number of nitrogens with zero attached hydrogens (tertiary/aromatic N) is 2. The minimum absolute atomic E-state index is 0.00234. The lowest BCUT2D eigenvalue weighted by Crippen LogP contribution is -2.11. The highest BCUT2D eigenvalue weighted by molar-refractivity contribution is 5.76. The normalized spacial score (nSPS) is 11.1. The summed E-state index contributed by atoms with van der Waals surface area (Å²) in [5.74, 6) is 0. The highest BCUT2D eigenvalue weighted by atomic mass is 16.6. The second kappa shape index (κ2) is 5.61. The number of para-hydroxylation sites is 2. The number of nitro groups is 1. The lowest BCUT2D eigenvalue weighted by atomic mass is 10.2. The van der Waals surface area contributed by atoms with Gasteiger partial charge in [0, 0.05) is 12.1 Å². The summed E-state index contributed by atoms with van der Waals surface area (Å²) in [6, 6.07) is 13.4. The summed E-state index contributed by atoms with van der Waals surface area (Å²) in [7, 11) is 0. The van der Waals surface area contributed by atoms with Crippen LogP contribution in [0.4, 0.5) is 5.69 Å². The van der Waals surface area contributed by atoms with Gasteiger partial charge < -0.3 is 4.98 Å². The molecule has 6 heteroatoms. The van der Waals surface area contributed by atoms with Crippen molar-refractivity contribution in [1.82, 2.24) is 9.97 Å². The summed E-state index contributed by atoms with van der Waals surface area (Å²) >= 11 is 0. The molecule has 22 heavy (non-hydrogen) atoms. The molecule has 0 radical (unpaired) electrons. The number of H-pyrrole nitrogens is 1. The molecule has 0 atom stereocenters. The number of fused-ring (bicyclic) bond motifs is 1. The van der Waals surface area contributed by atoms with Crippen LogP contribution >= 0.6 is 0 Å². The third-order valence-corrected chi connectivity index (χ3v) is 3.14. The molecule has 1 N–H and O–H groups in total. The molecule has 0 spiro atoms. The molecule has 6 nitrogen and oxygen atoms in total. The Morgan fingerprint density at radius 1 is 1.09 bits per heavy atom. The molecule has 0 aliphatic rings. The molecule has 3 rings (SSSR count). The van der Waals surface area contributed by atoms with Crippen LogP contribution in [0, 0.1) is 10.1 Å². The largest absolute Gasteiger partial charge is 0.319 e. The van der Waals surface area contributed by atoms with Crippen molar-refractivity contribution in [2.24, 2.45) is 0 Å². The minimum Gasteiger partial charge on any atom is -0.319 e. The zero-order valence-electron chi connectivity index (χ0n) is 11.4. The van der Waals surface area contributed by atoms with E-state index >= 15 is 0 Å². The van der Waals surface area contributed by atoms with Gasteiger partial charge in [-0.15, -0.1) is 0 Å². The standard InChI is InChI=1S/C16H11N3O3/c20-16-15(17-13-6-1-2-7-14(13)18-16)9-8-11-4-3-5-12(10-11)19(21)22/h1-10H,(H,18,20)/b9-8+. The van der Waals surface area contributed by atoms with E-state index in [1.807, 2.05) is 12.1 Å². The lowest BCUT2D eigenvalue weighted by molar-refractivity contribution is -0.384. The van der Waals surface area contributed by atoms with E-state index in [2.05, 4.69) is 9.97 Å². The van der Waals surface area contributed by atoms with Crippen LogP contribution in [-0.4, -0.2) is 14.9 Å². The van der Waals surface area contributed by atoms with Crippen molar-refractivity contribution in [3.8, 4) is 0 Å². The maximum absolute atomic E-state index is 12.0. The van der Waals surface area contributed by atoms with Crippen LogP contribution < -0.4 is 5.56 Å². The maximum atomic E-state index is 12.0. The number of nitrogens with one attached hydrogen (secondary N) is 1. The van der Waals surface area contributed by atoms with Crippen LogP contribution in [0.1, 0.15) is 11.3 Å². The first-order chi connectivity index (χ1) is 10.6. The van der Waals surface area contributed by atoms with Crippen molar-refractivity contribution >= 4 is 28.9 Å². The highest BCUT2D eigenvalue weighted by Crippen LogP contribution is 2.15. The minimum atomic E-state index is -0.460. The molecule has 1 aromatic heterocycles. The van der Waals surface area contributed by atoms with Crippen molar-refractivity contribution < 1.29 is 4.92 Å². The van der Waals surface area contributed by atoms with E-state index < -0.39 is 4.92 Å². The van der Waals surface area contributed by atoms with Gasteiger partial charge in [0.15, 0.2) is 0 Å². The predicted molar refractivity (Wildman–Crippen MR) is 84.4 cm³/mol. The summed E-state index contributed by atoms with van der Waals surface area (Å²) in [4.78, 5) is 29.3. The first-order valence-electron chi connectivity index (χ1n) is 6.55. The first-order valence-corrected chi connectivity index (χ1v) is 6.55. The van der Waals surface area contributed by atoms with Gasteiger partial charge >= 0.3 is 0 Å². The number of rotatable bonds is 3. The van der Waals surface area contributed by atoms with Gasteiger partial charge in [-0.1, -0.05) is 30.3 Å². The van der Waals surface area contributed by atoms with Crippen LogP contribution in [0.3, 0.4) is 0 Å². The molecule has 0 fully saturated rings. The monoisotopic (exact) mass is 293 g/mol.